The van der Waals surface area contributed by atoms with Gasteiger partial charge in [0.1, 0.15) is 25.7 Å². The summed E-state index contributed by atoms with van der Waals surface area (Å²) in [6, 6.07) is 16.5. The van der Waals surface area contributed by atoms with Crippen LogP contribution >= 0.6 is 0 Å². The van der Waals surface area contributed by atoms with Crippen LogP contribution in [0.2, 0.25) is 0 Å². The molecule has 2 N–H and O–H groups in total. The van der Waals surface area contributed by atoms with Gasteiger partial charge in [0.2, 0.25) is 0 Å². The zero-order valence-corrected chi connectivity index (χ0v) is 30.0. The lowest BCUT2D eigenvalue weighted by atomic mass is 9.97. The Kier molecular flexibility index (Phi) is 17.9. The fourth-order valence-corrected chi connectivity index (χ4v) is 6.04. The second-order valence-corrected chi connectivity index (χ2v) is 12.1. The minimum Gasteiger partial charge on any atom is -0.342 e. The topological polar surface area (TPSA) is 87.2 Å². The summed E-state index contributed by atoms with van der Waals surface area (Å²) in [5, 5.41) is 7.12. The van der Waals surface area contributed by atoms with Crippen molar-refractivity contribution in [2.75, 3.05) is 30.3 Å². The van der Waals surface area contributed by atoms with Gasteiger partial charge in [0, 0.05) is 22.5 Å². The number of benzene rings is 3. The zero-order chi connectivity index (χ0) is 37.1. The molecule has 0 unspecified atom stereocenters. The average Bonchev–Trinajstić information content (AvgIpc) is 3.12. The highest BCUT2D eigenvalue weighted by molar-refractivity contribution is 5.82. The van der Waals surface area contributed by atoms with Crippen LogP contribution in [-0.4, -0.2) is 48.1 Å². The fourth-order valence-electron chi connectivity index (χ4n) is 6.04. The Morgan fingerprint density at radius 1 is 0.800 bits per heavy atom. The van der Waals surface area contributed by atoms with E-state index in [1.807, 2.05) is 44.8 Å². The Labute approximate surface area is 295 Å². The van der Waals surface area contributed by atoms with Crippen LogP contribution in [0.5, 0.6) is 0 Å². The summed E-state index contributed by atoms with van der Waals surface area (Å²) < 4.78 is 39.2. The number of aryl methyl sites for hydroxylation is 5. The minimum atomic E-state index is -4.37. The summed E-state index contributed by atoms with van der Waals surface area (Å²) in [4.78, 5) is 27.4. The smallest absolute Gasteiger partial charge is 0.342 e. The molecule has 3 aromatic carbocycles. The maximum Gasteiger partial charge on any atom is 0.416 e. The molecule has 1 aliphatic heterocycles. The van der Waals surface area contributed by atoms with E-state index >= 15 is 0 Å². The Hall–Kier alpha value is -4.57. The van der Waals surface area contributed by atoms with Crippen LogP contribution < -0.4 is 10.6 Å². The maximum atomic E-state index is 13.1. The molecule has 0 aliphatic carbocycles. The summed E-state index contributed by atoms with van der Waals surface area (Å²) in [6.07, 6.45) is 6.71. The van der Waals surface area contributed by atoms with Gasteiger partial charge in [0.05, 0.1) is 11.1 Å². The van der Waals surface area contributed by atoms with Crippen LogP contribution in [-0.2, 0) is 35.0 Å². The number of halogens is 3. The van der Waals surface area contributed by atoms with Crippen LogP contribution in [0.4, 0.5) is 24.5 Å². The molecule has 270 valence electrons. The second-order valence-electron chi connectivity index (χ2n) is 12.1. The van der Waals surface area contributed by atoms with E-state index < -0.39 is 11.7 Å². The number of anilines is 2. The predicted molar refractivity (Wildman–Crippen MR) is 200 cm³/mol. The molecule has 0 amide bonds. The lowest BCUT2D eigenvalue weighted by molar-refractivity contribution is -0.138. The molecule has 0 radical (unpaired) electrons. The lowest BCUT2D eigenvalue weighted by Crippen LogP contribution is -2.30. The Balaban J connectivity index is 0.000000316. The van der Waals surface area contributed by atoms with Crippen LogP contribution in [0.15, 0.2) is 73.3 Å². The van der Waals surface area contributed by atoms with Crippen molar-refractivity contribution in [1.29, 1.82) is 0 Å². The molecule has 1 saturated heterocycles. The maximum absolute atomic E-state index is 13.1. The van der Waals surface area contributed by atoms with Crippen LogP contribution in [0.3, 0.4) is 0 Å². The molecule has 5 rings (SSSR count). The number of nitrogens with one attached hydrogen (secondary N) is 2. The summed E-state index contributed by atoms with van der Waals surface area (Å²) in [6.45, 7) is 19.7. The first kappa shape index (κ1) is 41.6. The first-order chi connectivity index (χ1) is 24.1. The van der Waals surface area contributed by atoms with E-state index in [4.69, 9.17) is 9.59 Å². The summed E-state index contributed by atoms with van der Waals surface area (Å²) in [5.41, 5.74) is 7.04. The van der Waals surface area contributed by atoms with E-state index in [1.54, 1.807) is 19.3 Å². The van der Waals surface area contributed by atoms with Gasteiger partial charge in [-0.05, 0) is 137 Å². The van der Waals surface area contributed by atoms with Gasteiger partial charge in [0.15, 0.2) is 0 Å². The average molecular weight is 692 g/mol. The molecule has 1 fully saturated rings. The highest BCUT2D eigenvalue weighted by atomic mass is 19.4. The van der Waals surface area contributed by atoms with Gasteiger partial charge in [-0.1, -0.05) is 45.0 Å². The number of carbonyl (C=O) groups excluding carboxylic acids is 2. The van der Waals surface area contributed by atoms with E-state index in [0.29, 0.717) is 17.9 Å². The monoisotopic (exact) mass is 691 g/mol. The molecule has 4 aromatic rings. The van der Waals surface area contributed by atoms with Gasteiger partial charge in [0.25, 0.3) is 0 Å². The van der Waals surface area contributed by atoms with E-state index in [1.165, 1.54) is 80.7 Å². The van der Waals surface area contributed by atoms with Crippen molar-refractivity contribution in [3.8, 4) is 0 Å². The third-order valence-corrected chi connectivity index (χ3v) is 8.56. The van der Waals surface area contributed by atoms with Crippen LogP contribution in [0.25, 0.3) is 10.9 Å². The molecule has 0 spiro atoms. The molecule has 0 saturated carbocycles. The molecular weight excluding hydrogens is 639 g/mol. The molecule has 1 aliphatic rings. The van der Waals surface area contributed by atoms with E-state index in [0.717, 1.165) is 34.9 Å². The third kappa shape index (κ3) is 13.0. The number of nitrogens with zero attached hydrogens (tertiary/aromatic N) is 3. The summed E-state index contributed by atoms with van der Waals surface area (Å²) >= 11 is 0. The van der Waals surface area contributed by atoms with Crippen molar-refractivity contribution in [3.05, 3.63) is 107 Å². The predicted octanol–water partition coefficient (Wildman–Crippen LogP) is 9.51. The number of hydrogen-bond acceptors (Lipinski definition) is 7. The SMILES string of the molecule is C=C(Nc1cccc(C)c1)Nc1ccc(CC)c(C(F)(F)F)c1.C=O.C=O.CCc1cc2ncnc(C)c2cc1CCCCN1CCCCC1. The molecule has 10 heteroatoms. The third-order valence-electron chi connectivity index (χ3n) is 8.56. The van der Waals surface area contributed by atoms with Crippen LogP contribution in [0.1, 0.15) is 79.5 Å². The number of piperidine rings is 1. The number of unbranched alkanes of at least 4 members (excludes halogenated alkanes) is 1. The van der Waals surface area contributed by atoms with Gasteiger partial charge in [-0.25, -0.2) is 9.97 Å². The highest BCUT2D eigenvalue weighted by Crippen LogP contribution is 2.34. The highest BCUT2D eigenvalue weighted by Gasteiger charge is 2.33. The lowest BCUT2D eigenvalue weighted by Gasteiger charge is -2.26. The summed E-state index contributed by atoms with van der Waals surface area (Å²) in [5.74, 6) is 0.410. The molecule has 7 nitrogen and oxygen atoms in total. The van der Waals surface area contributed by atoms with Gasteiger partial charge >= 0.3 is 6.18 Å². The zero-order valence-electron chi connectivity index (χ0n) is 30.0. The first-order valence-electron chi connectivity index (χ1n) is 17.1. The molecule has 0 bridgehead atoms. The van der Waals surface area contributed by atoms with Crippen molar-refractivity contribution < 1.29 is 22.8 Å². The molecule has 1 aromatic heterocycles. The van der Waals surface area contributed by atoms with Gasteiger partial charge < -0.3 is 25.1 Å². The second kappa shape index (κ2) is 21.5. The Morgan fingerprint density at radius 2 is 1.46 bits per heavy atom. The Bertz CT molecular complexity index is 1640. The molecule has 2 heterocycles. The van der Waals surface area contributed by atoms with Crippen molar-refractivity contribution in [3.63, 3.8) is 0 Å². The quantitative estimate of drug-likeness (QED) is 0.152. The number of hydrogen-bond donors (Lipinski definition) is 2. The van der Waals surface area contributed by atoms with E-state index in [2.05, 4.69) is 58.1 Å². The summed E-state index contributed by atoms with van der Waals surface area (Å²) in [7, 11) is 0. The molecule has 0 atom stereocenters. The fraction of sp³-hybridized carbons (Fsp3) is 0.400. The van der Waals surface area contributed by atoms with Crippen LogP contribution in [0, 0.1) is 13.8 Å². The van der Waals surface area contributed by atoms with E-state index in [-0.39, 0.29) is 5.56 Å². The largest absolute Gasteiger partial charge is 0.416 e. The van der Waals surface area contributed by atoms with Crippen molar-refractivity contribution >= 4 is 35.9 Å². The normalized spacial score (nSPS) is 12.7. The van der Waals surface area contributed by atoms with Crippen molar-refractivity contribution in [2.24, 2.45) is 0 Å². The molecular formula is C40H52F3N5O2. The standard InChI is InChI=1S/C20H29N3.C18H19F3N2.2CH2O/c1-3-17-14-20-19(16(2)21-15-22-20)13-18(17)9-5-8-12-23-10-6-4-7-11-23;1-4-14-8-9-16(11-17(14)18(19,20)21)23-13(3)22-15-7-5-6-12(2)10-15;2*1-2/h13-15H,3-12H2,1-2H3;5-11,22-23H,3-4H2,1-2H3;2*1H2. The number of carbonyl (C=O) groups is 2. The van der Waals surface area contributed by atoms with Crippen molar-refractivity contribution in [1.82, 2.24) is 14.9 Å². The van der Waals surface area contributed by atoms with Gasteiger partial charge in [-0.15, -0.1) is 0 Å². The molecule has 50 heavy (non-hydrogen) atoms. The number of aromatic nitrogens is 2. The van der Waals surface area contributed by atoms with Gasteiger partial charge in [-0.2, -0.15) is 13.2 Å². The van der Waals surface area contributed by atoms with E-state index in [9.17, 15) is 13.2 Å². The number of alkyl halides is 3. The first-order valence-corrected chi connectivity index (χ1v) is 17.1. The number of rotatable bonds is 11. The van der Waals surface area contributed by atoms with Gasteiger partial charge in [-0.3, -0.25) is 0 Å². The minimum absolute atomic E-state index is 0.278. The van der Waals surface area contributed by atoms with Crippen molar-refractivity contribution in [2.45, 2.75) is 85.2 Å². The number of likely N-dealkylation sites (tertiary alicyclic amines) is 1. The Morgan fingerprint density at radius 3 is 2.08 bits per heavy atom. The number of fused-ring (bicyclic) bond motifs is 1.